The van der Waals surface area contributed by atoms with E-state index in [2.05, 4.69) is 36.5 Å². The van der Waals surface area contributed by atoms with Gasteiger partial charge in [0, 0.05) is 13.1 Å². The van der Waals surface area contributed by atoms with Crippen LogP contribution < -0.4 is 5.32 Å². The summed E-state index contributed by atoms with van der Waals surface area (Å²) < 4.78 is 11.4. The van der Waals surface area contributed by atoms with E-state index in [1.807, 2.05) is 0 Å². The number of ether oxygens (including phenoxy) is 2. The van der Waals surface area contributed by atoms with Crippen molar-refractivity contribution in [1.82, 2.24) is 5.32 Å². The molecule has 0 radical (unpaired) electrons. The molecule has 0 aliphatic carbocycles. The van der Waals surface area contributed by atoms with Crippen molar-refractivity contribution in [3.05, 3.63) is 35.4 Å². The van der Waals surface area contributed by atoms with Gasteiger partial charge in [-0.2, -0.15) is 0 Å². The van der Waals surface area contributed by atoms with Crippen LogP contribution in [0.1, 0.15) is 11.1 Å². The maximum absolute atomic E-state index is 5.94. The van der Waals surface area contributed by atoms with Crippen LogP contribution in [-0.4, -0.2) is 39.0 Å². The van der Waals surface area contributed by atoms with Crippen molar-refractivity contribution in [2.75, 3.05) is 32.9 Å². The number of hydrogen-bond acceptors (Lipinski definition) is 3. The van der Waals surface area contributed by atoms with Gasteiger partial charge in [-0.25, -0.2) is 0 Å². The standard InChI is InChI=1S/C14H19NO2/c1-11-3-2-4-12(7-11)14(9-16-10-14)13-8-15-5-6-17-13/h2-4,7,13,15H,5-6,8-10H2,1H3. The predicted octanol–water partition coefficient (Wildman–Crippen LogP) is 1.25. The SMILES string of the molecule is Cc1cccc(C2(C3CNCCO3)COC2)c1. The molecule has 92 valence electrons. The monoisotopic (exact) mass is 233 g/mol. The molecule has 17 heavy (non-hydrogen) atoms. The first kappa shape index (κ1) is 11.2. The van der Waals surface area contributed by atoms with Crippen molar-refractivity contribution in [3.63, 3.8) is 0 Å². The van der Waals surface area contributed by atoms with Crippen molar-refractivity contribution in [2.24, 2.45) is 0 Å². The number of morpholine rings is 1. The summed E-state index contributed by atoms with van der Waals surface area (Å²) in [6.07, 6.45) is 0.242. The number of benzene rings is 1. The van der Waals surface area contributed by atoms with Gasteiger partial charge >= 0.3 is 0 Å². The Hall–Kier alpha value is -0.900. The fraction of sp³-hybridized carbons (Fsp3) is 0.571. The molecule has 2 heterocycles. The molecule has 0 bridgehead atoms. The molecule has 2 saturated heterocycles. The van der Waals surface area contributed by atoms with Crippen molar-refractivity contribution in [1.29, 1.82) is 0 Å². The van der Waals surface area contributed by atoms with E-state index in [0.717, 1.165) is 32.9 Å². The van der Waals surface area contributed by atoms with Crippen molar-refractivity contribution < 1.29 is 9.47 Å². The van der Waals surface area contributed by atoms with Gasteiger partial charge in [-0.15, -0.1) is 0 Å². The molecular weight excluding hydrogens is 214 g/mol. The molecule has 1 atom stereocenters. The number of aryl methyl sites for hydroxylation is 1. The number of nitrogens with one attached hydrogen (secondary N) is 1. The fourth-order valence-corrected chi connectivity index (χ4v) is 2.74. The summed E-state index contributed by atoms with van der Waals surface area (Å²) in [6, 6.07) is 8.73. The van der Waals surface area contributed by atoms with Crippen LogP contribution in [0.15, 0.2) is 24.3 Å². The van der Waals surface area contributed by atoms with Gasteiger partial charge in [-0.3, -0.25) is 0 Å². The number of rotatable bonds is 2. The molecule has 0 saturated carbocycles. The summed E-state index contributed by atoms with van der Waals surface area (Å²) in [5.74, 6) is 0. The van der Waals surface area contributed by atoms with Crippen molar-refractivity contribution >= 4 is 0 Å². The quantitative estimate of drug-likeness (QED) is 0.834. The molecule has 2 fully saturated rings. The van der Waals surface area contributed by atoms with Crippen molar-refractivity contribution in [2.45, 2.75) is 18.4 Å². The summed E-state index contributed by atoms with van der Waals surface area (Å²) in [7, 11) is 0. The first-order valence-electron chi connectivity index (χ1n) is 6.28. The zero-order valence-corrected chi connectivity index (χ0v) is 10.2. The molecule has 2 aliphatic heterocycles. The van der Waals surface area contributed by atoms with Crippen LogP contribution in [0.25, 0.3) is 0 Å². The normalized spacial score (nSPS) is 27.5. The van der Waals surface area contributed by atoms with E-state index in [9.17, 15) is 0 Å². The van der Waals surface area contributed by atoms with Gasteiger partial charge in [0.25, 0.3) is 0 Å². The summed E-state index contributed by atoms with van der Waals surface area (Å²) >= 11 is 0. The Morgan fingerprint density at radius 3 is 2.82 bits per heavy atom. The lowest BCUT2D eigenvalue weighted by Gasteiger charge is -2.48. The number of hydrogen-bond donors (Lipinski definition) is 1. The third kappa shape index (κ3) is 1.88. The average molecular weight is 233 g/mol. The van der Waals surface area contributed by atoms with Crippen LogP contribution in [0.3, 0.4) is 0 Å². The zero-order valence-electron chi connectivity index (χ0n) is 10.2. The van der Waals surface area contributed by atoms with Gasteiger partial charge in [0.2, 0.25) is 0 Å². The van der Waals surface area contributed by atoms with Crippen LogP contribution in [0.4, 0.5) is 0 Å². The van der Waals surface area contributed by atoms with Crippen LogP contribution >= 0.6 is 0 Å². The Kier molecular flexibility index (Phi) is 2.90. The third-order valence-corrected chi connectivity index (χ3v) is 3.86. The van der Waals surface area contributed by atoms with Gasteiger partial charge in [-0.05, 0) is 12.5 Å². The second-order valence-electron chi connectivity index (χ2n) is 5.08. The highest BCUT2D eigenvalue weighted by molar-refractivity contribution is 5.33. The van der Waals surface area contributed by atoms with Crippen LogP contribution in [-0.2, 0) is 14.9 Å². The second-order valence-corrected chi connectivity index (χ2v) is 5.08. The Labute approximate surface area is 102 Å². The van der Waals surface area contributed by atoms with Gasteiger partial charge < -0.3 is 14.8 Å². The summed E-state index contributed by atoms with van der Waals surface area (Å²) in [6.45, 7) is 6.39. The summed E-state index contributed by atoms with van der Waals surface area (Å²) in [5.41, 5.74) is 2.73. The van der Waals surface area contributed by atoms with Crippen LogP contribution in [0, 0.1) is 6.92 Å². The minimum atomic E-state index is 0.0689. The zero-order chi connectivity index (χ0) is 11.7. The molecule has 3 nitrogen and oxygen atoms in total. The minimum Gasteiger partial charge on any atom is -0.379 e. The lowest BCUT2D eigenvalue weighted by Crippen LogP contribution is -2.61. The molecule has 3 heteroatoms. The largest absolute Gasteiger partial charge is 0.379 e. The molecule has 0 amide bonds. The van der Waals surface area contributed by atoms with Gasteiger partial charge in [0.05, 0.1) is 31.3 Å². The summed E-state index contributed by atoms with van der Waals surface area (Å²) in [5, 5.41) is 3.41. The average Bonchev–Trinajstić information content (AvgIpc) is 2.29. The Morgan fingerprint density at radius 1 is 1.35 bits per heavy atom. The maximum Gasteiger partial charge on any atom is 0.0841 e. The highest BCUT2D eigenvalue weighted by Crippen LogP contribution is 2.38. The topological polar surface area (TPSA) is 30.5 Å². The molecule has 0 aromatic heterocycles. The molecule has 1 unspecified atom stereocenters. The first-order chi connectivity index (χ1) is 8.31. The Bertz CT molecular complexity index is 395. The van der Waals surface area contributed by atoms with E-state index in [-0.39, 0.29) is 11.5 Å². The molecular formula is C14H19NO2. The van der Waals surface area contributed by atoms with Gasteiger partial charge in [0.15, 0.2) is 0 Å². The summed E-state index contributed by atoms with van der Waals surface area (Å²) in [4.78, 5) is 0. The van der Waals surface area contributed by atoms with E-state index in [0.29, 0.717) is 0 Å². The predicted molar refractivity (Wildman–Crippen MR) is 66.3 cm³/mol. The first-order valence-corrected chi connectivity index (χ1v) is 6.28. The maximum atomic E-state index is 5.94. The van der Waals surface area contributed by atoms with E-state index in [1.54, 1.807) is 0 Å². The highest BCUT2D eigenvalue weighted by Gasteiger charge is 2.48. The minimum absolute atomic E-state index is 0.0689. The Balaban J connectivity index is 1.90. The van der Waals surface area contributed by atoms with E-state index in [1.165, 1.54) is 11.1 Å². The third-order valence-electron chi connectivity index (χ3n) is 3.86. The molecule has 1 N–H and O–H groups in total. The molecule has 3 rings (SSSR count). The van der Waals surface area contributed by atoms with Gasteiger partial charge in [-0.1, -0.05) is 29.8 Å². The lowest BCUT2D eigenvalue weighted by molar-refractivity contribution is -0.146. The lowest BCUT2D eigenvalue weighted by atomic mass is 9.73. The second kappa shape index (κ2) is 4.41. The Morgan fingerprint density at radius 2 is 2.24 bits per heavy atom. The van der Waals surface area contributed by atoms with E-state index in [4.69, 9.17) is 9.47 Å². The van der Waals surface area contributed by atoms with Gasteiger partial charge in [0.1, 0.15) is 0 Å². The van der Waals surface area contributed by atoms with Crippen LogP contribution in [0.5, 0.6) is 0 Å². The molecule has 0 spiro atoms. The molecule has 1 aromatic carbocycles. The molecule has 1 aromatic rings. The van der Waals surface area contributed by atoms with E-state index >= 15 is 0 Å². The van der Waals surface area contributed by atoms with Crippen molar-refractivity contribution in [3.8, 4) is 0 Å². The smallest absolute Gasteiger partial charge is 0.0841 e. The fourth-order valence-electron chi connectivity index (χ4n) is 2.74. The van der Waals surface area contributed by atoms with E-state index < -0.39 is 0 Å². The van der Waals surface area contributed by atoms with Crippen LogP contribution in [0.2, 0.25) is 0 Å². The highest BCUT2D eigenvalue weighted by atomic mass is 16.5. The molecule has 2 aliphatic rings.